The fraction of sp³-hybridized carbons (Fsp3) is 0.632. The predicted octanol–water partition coefficient (Wildman–Crippen LogP) is 3.67. The lowest BCUT2D eigenvalue weighted by Gasteiger charge is -2.14. The maximum Gasteiger partial charge on any atom is 0.319 e. The highest BCUT2D eigenvalue weighted by Crippen LogP contribution is 2.22. The number of aliphatic hydroxyl groups excluding tert-OH is 1. The Morgan fingerprint density at radius 2 is 1.92 bits per heavy atom. The molecule has 1 aromatic rings. The van der Waals surface area contributed by atoms with Crippen molar-refractivity contribution in [2.75, 3.05) is 11.9 Å². The highest BCUT2D eigenvalue weighted by molar-refractivity contribution is 5.89. The van der Waals surface area contributed by atoms with Gasteiger partial charge in [0.2, 0.25) is 0 Å². The van der Waals surface area contributed by atoms with Crippen molar-refractivity contribution in [2.45, 2.75) is 64.8 Å². The number of carbonyl (C=O) groups is 1. The first-order valence-electron chi connectivity index (χ1n) is 8.96. The summed E-state index contributed by atoms with van der Waals surface area (Å²) in [6, 6.07) is 7.39. The monoisotopic (exact) mass is 334 g/mol. The number of ether oxygens (including phenoxy) is 1. The van der Waals surface area contributed by atoms with Gasteiger partial charge >= 0.3 is 6.03 Å². The first-order chi connectivity index (χ1) is 11.5. The Kier molecular flexibility index (Phi) is 7.53. The summed E-state index contributed by atoms with van der Waals surface area (Å²) in [5, 5.41) is 15.2. The second-order valence-corrected chi connectivity index (χ2v) is 7.03. The number of amides is 2. The molecule has 1 atom stereocenters. The summed E-state index contributed by atoms with van der Waals surface area (Å²) < 4.78 is 5.88. The smallest absolute Gasteiger partial charge is 0.319 e. The molecule has 24 heavy (non-hydrogen) atoms. The van der Waals surface area contributed by atoms with Crippen molar-refractivity contribution in [2.24, 2.45) is 5.92 Å². The molecule has 2 amide bonds. The maximum absolute atomic E-state index is 11.8. The Labute approximate surface area is 144 Å². The lowest BCUT2D eigenvalue weighted by molar-refractivity contribution is 0.0457. The highest BCUT2D eigenvalue weighted by atomic mass is 16.5. The van der Waals surface area contributed by atoms with Crippen LogP contribution in [0.5, 0.6) is 0 Å². The molecule has 1 saturated carbocycles. The van der Waals surface area contributed by atoms with E-state index in [0.717, 1.165) is 11.3 Å². The number of rotatable bonds is 8. The van der Waals surface area contributed by atoms with Crippen molar-refractivity contribution in [3.8, 4) is 0 Å². The molecule has 134 valence electrons. The Balaban J connectivity index is 1.69. The number of hydrogen-bond acceptors (Lipinski definition) is 3. The van der Waals surface area contributed by atoms with E-state index in [1.807, 2.05) is 38.1 Å². The van der Waals surface area contributed by atoms with Crippen LogP contribution in [0.1, 0.15) is 51.5 Å². The number of urea groups is 1. The molecule has 5 nitrogen and oxygen atoms in total. The van der Waals surface area contributed by atoms with Gasteiger partial charge in [-0.1, -0.05) is 38.8 Å². The largest absolute Gasteiger partial charge is 0.391 e. The van der Waals surface area contributed by atoms with E-state index in [-0.39, 0.29) is 12.6 Å². The van der Waals surface area contributed by atoms with Gasteiger partial charge in [0, 0.05) is 12.2 Å². The van der Waals surface area contributed by atoms with Crippen molar-refractivity contribution >= 4 is 11.7 Å². The fourth-order valence-corrected chi connectivity index (χ4v) is 2.97. The fourth-order valence-electron chi connectivity index (χ4n) is 2.97. The van der Waals surface area contributed by atoms with Gasteiger partial charge in [0.15, 0.2) is 0 Å². The number of hydrogen-bond donors (Lipinski definition) is 3. The lowest BCUT2D eigenvalue weighted by atomic mass is 10.1. The molecule has 0 bridgehead atoms. The van der Waals surface area contributed by atoms with E-state index in [4.69, 9.17) is 4.74 Å². The molecule has 0 aromatic heterocycles. The van der Waals surface area contributed by atoms with E-state index in [0.29, 0.717) is 25.0 Å². The van der Waals surface area contributed by atoms with Crippen LogP contribution < -0.4 is 10.6 Å². The second-order valence-electron chi connectivity index (χ2n) is 7.03. The molecule has 0 saturated heterocycles. The topological polar surface area (TPSA) is 70.6 Å². The van der Waals surface area contributed by atoms with Gasteiger partial charge in [-0.3, -0.25) is 0 Å². The molecule has 1 aliphatic rings. The molecule has 0 aliphatic heterocycles. The SMILES string of the molecule is CC(C)CC(O)CNC(=O)Nc1ccc(COC2CCCC2)cc1. The summed E-state index contributed by atoms with van der Waals surface area (Å²) in [4.78, 5) is 11.8. The van der Waals surface area contributed by atoms with Crippen LogP contribution in [-0.2, 0) is 11.3 Å². The Hall–Kier alpha value is -1.59. The van der Waals surface area contributed by atoms with Crippen molar-refractivity contribution in [1.29, 1.82) is 0 Å². The molecule has 1 aromatic carbocycles. The van der Waals surface area contributed by atoms with E-state index in [1.165, 1.54) is 25.7 Å². The van der Waals surface area contributed by atoms with Crippen LogP contribution >= 0.6 is 0 Å². The van der Waals surface area contributed by atoms with Gasteiger partial charge in [0.05, 0.1) is 18.8 Å². The minimum absolute atomic E-state index is 0.261. The van der Waals surface area contributed by atoms with Gasteiger partial charge < -0.3 is 20.5 Å². The Morgan fingerprint density at radius 1 is 1.25 bits per heavy atom. The average molecular weight is 334 g/mol. The van der Waals surface area contributed by atoms with Crippen LogP contribution in [0.2, 0.25) is 0 Å². The zero-order valence-electron chi connectivity index (χ0n) is 14.8. The lowest BCUT2D eigenvalue weighted by Crippen LogP contribution is -2.35. The summed E-state index contributed by atoms with van der Waals surface area (Å²) in [5.74, 6) is 0.406. The van der Waals surface area contributed by atoms with Crippen LogP contribution in [0, 0.1) is 5.92 Å². The van der Waals surface area contributed by atoms with E-state index in [1.54, 1.807) is 0 Å². The Bertz CT molecular complexity index is 496. The molecule has 3 N–H and O–H groups in total. The molecule has 1 fully saturated rings. The minimum atomic E-state index is -0.508. The summed E-state index contributed by atoms with van der Waals surface area (Å²) in [6.07, 6.45) is 5.46. The van der Waals surface area contributed by atoms with Gasteiger partial charge in [0.25, 0.3) is 0 Å². The third-order valence-electron chi connectivity index (χ3n) is 4.24. The predicted molar refractivity (Wildman–Crippen MR) is 96.0 cm³/mol. The zero-order valence-corrected chi connectivity index (χ0v) is 14.8. The normalized spacial score (nSPS) is 16.3. The number of aliphatic hydroxyl groups is 1. The molecule has 1 unspecified atom stereocenters. The van der Waals surface area contributed by atoms with Crippen LogP contribution in [0.25, 0.3) is 0 Å². The summed E-state index contributed by atoms with van der Waals surface area (Å²) in [6.45, 7) is 4.97. The second kappa shape index (κ2) is 9.64. The zero-order chi connectivity index (χ0) is 17.4. The molecule has 5 heteroatoms. The van der Waals surface area contributed by atoms with Gasteiger partial charge in [-0.2, -0.15) is 0 Å². The molecular formula is C19H30N2O3. The van der Waals surface area contributed by atoms with Gasteiger partial charge in [-0.05, 0) is 42.9 Å². The van der Waals surface area contributed by atoms with E-state index >= 15 is 0 Å². The van der Waals surface area contributed by atoms with Crippen LogP contribution in [0.3, 0.4) is 0 Å². The molecular weight excluding hydrogens is 304 g/mol. The van der Waals surface area contributed by atoms with Crippen LogP contribution in [0.15, 0.2) is 24.3 Å². The first-order valence-corrected chi connectivity index (χ1v) is 8.96. The molecule has 0 radical (unpaired) electrons. The van der Waals surface area contributed by atoms with Crippen molar-refractivity contribution in [1.82, 2.24) is 5.32 Å². The molecule has 0 spiro atoms. The quantitative estimate of drug-likeness (QED) is 0.679. The van der Waals surface area contributed by atoms with E-state index in [2.05, 4.69) is 10.6 Å². The molecule has 1 aliphatic carbocycles. The average Bonchev–Trinajstić information content (AvgIpc) is 3.05. The number of benzene rings is 1. The van der Waals surface area contributed by atoms with Crippen LogP contribution in [0.4, 0.5) is 10.5 Å². The number of carbonyl (C=O) groups excluding carboxylic acids is 1. The van der Waals surface area contributed by atoms with Crippen molar-refractivity contribution in [3.05, 3.63) is 29.8 Å². The van der Waals surface area contributed by atoms with Gasteiger partial charge in [-0.15, -0.1) is 0 Å². The van der Waals surface area contributed by atoms with E-state index < -0.39 is 6.10 Å². The summed E-state index contributed by atoms with van der Waals surface area (Å²) in [7, 11) is 0. The number of anilines is 1. The summed E-state index contributed by atoms with van der Waals surface area (Å²) in [5.41, 5.74) is 1.84. The third kappa shape index (κ3) is 6.89. The first kappa shape index (κ1) is 18.7. The number of nitrogens with one attached hydrogen (secondary N) is 2. The van der Waals surface area contributed by atoms with Gasteiger partial charge in [0.1, 0.15) is 0 Å². The summed E-state index contributed by atoms with van der Waals surface area (Å²) >= 11 is 0. The van der Waals surface area contributed by atoms with Crippen molar-refractivity contribution in [3.63, 3.8) is 0 Å². The molecule has 2 rings (SSSR count). The standard InChI is InChI=1S/C19H30N2O3/c1-14(2)11-17(22)12-20-19(23)21-16-9-7-15(8-10-16)13-24-18-5-3-4-6-18/h7-10,14,17-18,22H,3-6,11-13H2,1-2H3,(H2,20,21,23). The van der Waals surface area contributed by atoms with E-state index in [9.17, 15) is 9.90 Å². The van der Waals surface area contributed by atoms with Crippen molar-refractivity contribution < 1.29 is 14.6 Å². The molecule has 0 heterocycles. The van der Waals surface area contributed by atoms with Crippen LogP contribution in [-0.4, -0.2) is 29.9 Å². The maximum atomic E-state index is 11.8. The highest BCUT2D eigenvalue weighted by Gasteiger charge is 2.15. The third-order valence-corrected chi connectivity index (χ3v) is 4.24. The minimum Gasteiger partial charge on any atom is -0.391 e. The Morgan fingerprint density at radius 3 is 2.54 bits per heavy atom. The van der Waals surface area contributed by atoms with Gasteiger partial charge in [-0.25, -0.2) is 4.79 Å².